The van der Waals surface area contributed by atoms with Crippen molar-refractivity contribution in [3.63, 3.8) is 0 Å². The summed E-state index contributed by atoms with van der Waals surface area (Å²) >= 11 is 0. The Hall–Kier alpha value is -1.69. The Balaban J connectivity index is 2.35. The van der Waals surface area contributed by atoms with Gasteiger partial charge in [0.25, 0.3) is 5.91 Å². The molecule has 0 radical (unpaired) electrons. The van der Waals surface area contributed by atoms with Crippen LogP contribution in [0.2, 0.25) is 0 Å². The van der Waals surface area contributed by atoms with E-state index in [9.17, 15) is 13.6 Å². The van der Waals surface area contributed by atoms with E-state index in [0.29, 0.717) is 0 Å². The molecule has 1 aliphatic rings. The fraction of sp³-hybridized carbons (Fsp3) is 0.500. The van der Waals surface area contributed by atoms with Crippen LogP contribution in [-0.4, -0.2) is 35.6 Å². The van der Waals surface area contributed by atoms with E-state index in [-0.39, 0.29) is 24.9 Å². The van der Waals surface area contributed by atoms with E-state index in [0.717, 1.165) is 12.1 Å². The number of halogens is 2. The van der Waals surface area contributed by atoms with Crippen LogP contribution in [0.5, 0.6) is 0 Å². The molecule has 1 amide bonds. The standard InChI is InChI=1S/C14H18F2N2O2/c1-8-6-18(7-14(2,3)20-8)13(19)11-9(15)4-5-10(17)12(11)16/h4-5,8H,6-7,17H2,1-3H3. The fourth-order valence-corrected chi connectivity index (χ4v) is 2.53. The number of carbonyl (C=O) groups excluding carboxylic acids is 1. The molecular formula is C14H18F2N2O2. The van der Waals surface area contributed by atoms with Crippen molar-refractivity contribution < 1.29 is 18.3 Å². The number of anilines is 1. The van der Waals surface area contributed by atoms with Crippen LogP contribution in [0.25, 0.3) is 0 Å². The number of carbonyl (C=O) groups is 1. The summed E-state index contributed by atoms with van der Waals surface area (Å²) in [6.07, 6.45) is -0.199. The molecule has 2 rings (SSSR count). The van der Waals surface area contributed by atoms with E-state index < -0.39 is 28.7 Å². The Morgan fingerprint density at radius 3 is 2.70 bits per heavy atom. The molecular weight excluding hydrogens is 266 g/mol. The van der Waals surface area contributed by atoms with Crippen molar-refractivity contribution in [2.45, 2.75) is 32.5 Å². The molecule has 0 spiro atoms. The molecule has 1 saturated heterocycles. The number of ether oxygens (including phenoxy) is 1. The number of hydrogen-bond donors (Lipinski definition) is 1. The first-order chi connectivity index (χ1) is 9.21. The minimum atomic E-state index is -1.01. The quantitative estimate of drug-likeness (QED) is 0.804. The van der Waals surface area contributed by atoms with Crippen molar-refractivity contribution in [2.24, 2.45) is 0 Å². The van der Waals surface area contributed by atoms with Crippen molar-refractivity contribution in [3.05, 3.63) is 29.3 Å². The molecule has 1 unspecified atom stereocenters. The highest BCUT2D eigenvalue weighted by Crippen LogP contribution is 2.25. The first-order valence-electron chi connectivity index (χ1n) is 6.42. The van der Waals surface area contributed by atoms with Crippen LogP contribution in [0.4, 0.5) is 14.5 Å². The smallest absolute Gasteiger partial charge is 0.260 e. The van der Waals surface area contributed by atoms with Crippen molar-refractivity contribution in [2.75, 3.05) is 18.8 Å². The molecule has 1 atom stereocenters. The molecule has 2 N–H and O–H groups in total. The molecule has 4 nitrogen and oxygen atoms in total. The van der Waals surface area contributed by atoms with Gasteiger partial charge in [0.05, 0.1) is 17.4 Å². The van der Waals surface area contributed by atoms with Crippen LogP contribution in [0.1, 0.15) is 31.1 Å². The SMILES string of the molecule is CC1CN(C(=O)c2c(F)ccc(N)c2F)CC(C)(C)O1. The highest BCUT2D eigenvalue weighted by molar-refractivity contribution is 5.95. The van der Waals surface area contributed by atoms with E-state index in [1.54, 1.807) is 0 Å². The number of nitrogen functional groups attached to an aromatic ring is 1. The summed E-state index contributed by atoms with van der Waals surface area (Å²) in [6.45, 7) is 6.02. The number of morpholine rings is 1. The van der Waals surface area contributed by atoms with Crippen molar-refractivity contribution in [1.29, 1.82) is 0 Å². The maximum atomic E-state index is 13.9. The van der Waals surface area contributed by atoms with Gasteiger partial charge in [0.1, 0.15) is 11.4 Å². The predicted octanol–water partition coefficient (Wildman–Crippen LogP) is 2.19. The van der Waals surface area contributed by atoms with Gasteiger partial charge in [-0.05, 0) is 32.9 Å². The van der Waals surface area contributed by atoms with Crippen LogP contribution in [0, 0.1) is 11.6 Å². The zero-order chi connectivity index (χ0) is 15.1. The summed E-state index contributed by atoms with van der Waals surface area (Å²) in [5.41, 5.74) is 4.00. The lowest BCUT2D eigenvalue weighted by molar-refractivity contribution is -0.119. The van der Waals surface area contributed by atoms with E-state index in [1.807, 2.05) is 20.8 Å². The summed E-state index contributed by atoms with van der Waals surface area (Å²) in [6, 6.07) is 2.11. The predicted molar refractivity (Wildman–Crippen MR) is 71.3 cm³/mol. The van der Waals surface area contributed by atoms with E-state index in [2.05, 4.69) is 0 Å². The minimum Gasteiger partial charge on any atom is -0.396 e. The average Bonchev–Trinajstić information content (AvgIpc) is 2.31. The second-order valence-electron chi connectivity index (χ2n) is 5.70. The number of benzene rings is 1. The van der Waals surface area contributed by atoms with Gasteiger partial charge in [-0.3, -0.25) is 4.79 Å². The lowest BCUT2D eigenvalue weighted by atomic mass is 10.0. The van der Waals surface area contributed by atoms with Crippen molar-refractivity contribution >= 4 is 11.6 Å². The molecule has 1 aromatic rings. The molecule has 6 heteroatoms. The Labute approximate surface area is 116 Å². The highest BCUT2D eigenvalue weighted by Gasteiger charge is 2.35. The Bertz CT molecular complexity index is 546. The van der Waals surface area contributed by atoms with Crippen LogP contribution in [0.15, 0.2) is 12.1 Å². The number of nitrogens with two attached hydrogens (primary N) is 1. The molecule has 0 aromatic heterocycles. The topological polar surface area (TPSA) is 55.6 Å². The second-order valence-corrected chi connectivity index (χ2v) is 5.70. The van der Waals surface area contributed by atoms with Gasteiger partial charge in [-0.25, -0.2) is 8.78 Å². The van der Waals surface area contributed by atoms with Crippen LogP contribution in [-0.2, 0) is 4.74 Å². The van der Waals surface area contributed by atoms with Crippen LogP contribution in [0.3, 0.4) is 0 Å². The Kier molecular flexibility index (Phi) is 3.69. The normalized spacial score (nSPS) is 21.9. The summed E-state index contributed by atoms with van der Waals surface area (Å²) in [4.78, 5) is 13.8. The van der Waals surface area contributed by atoms with Crippen molar-refractivity contribution in [3.8, 4) is 0 Å². The first kappa shape index (κ1) is 14.7. The summed E-state index contributed by atoms with van der Waals surface area (Å²) < 4.78 is 33.3. The maximum absolute atomic E-state index is 13.9. The Morgan fingerprint density at radius 2 is 2.10 bits per heavy atom. The van der Waals surface area contributed by atoms with Gasteiger partial charge >= 0.3 is 0 Å². The third-order valence-corrected chi connectivity index (χ3v) is 3.19. The zero-order valence-corrected chi connectivity index (χ0v) is 11.7. The number of hydrogen-bond acceptors (Lipinski definition) is 3. The summed E-state index contributed by atoms with van der Waals surface area (Å²) in [5, 5.41) is 0. The third kappa shape index (κ3) is 2.75. The van der Waals surface area contributed by atoms with E-state index >= 15 is 0 Å². The molecule has 0 saturated carbocycles. The van der Waals surface area contributed by atoms with Gasteiger partial charge in [0.2, 0.25) is 0 Å². The monoisotopic (exact) mass is 284 g/mol. The zero-order valence-electron chi connectivity index (χ0n) is 11.7. The van der Waals surface area contributed by atoms with Gasteiger partial charge in [0, 0.05) is 13.1 Å². The number of amides is 1. The molecule has 1 heterocycles. The molecule has 1 aromatic carbocycles. The average molecular weight is 284 g/mol. The summed E-state index contributed by atoms with van der Waals surface area (Å²) in [7, 11) is 0. The van der Waals surface area contributed by atoms with Crippen molar-refractivity contribution in [1.82, 2.24) is 4.90 Å². The molecule has 0 aliphatic carbocycles. The molecule has 1 aliphatic heterocycles. The van der Waals surface area contributed by atoms with E-state index in [4.69, 9.17) is 10.5 Å². The lowest BCUT2D eigenvalue weighted by Gasteiger charge is -2.41. The molecule has 0 bridgehead atoms. The largest absolute Gasteiger partial charge is 0.396 e. The van der Waals surface area contributed by atoms with Gasteiger partial charge < -0.3 is 15.4 Å². The maximum Gasteiger partial charge on any atom is 0.260 e. The fourth-order valence-electron chi connectivity index (χ4n) is 2.53. The second kappa shape index (κ2) is 5.01. The molecule has 20 heavy (non-hydrogen) atoms. The molecule has 1 fully saturated rings. The third-order valence-electron chi connectivity index (χ3n) is 3.19. The van der Waals surface area contributed by atoms with E-state index in [1.165, 1.54) is 4.90 Å². The van der Waals surface area contributed by atoms with Gasteiger partial charge in [-0.15, -0.1) is 0 Å². The minimum absolute atomic E-state index is 0.199. The highest BCUT2D eigenvalue weighted by atomic mass is 19.1. The van der Waals surface area contributed by atoms with Gasteiger partial charge in [0.15, 0.2) is 5.82 Å². The Morgan fingerprint density at radius 1 is 1.45 bits per heavy atom. The van der Waals surface area contributed by atoms with Crippen LogP contribution < -0.4 is 5.73 Å². The first-order valence-corrected chi connectivity index (χ1v) is 6.42. The van der Waals surface area contributed by atoms with Crippen LogP contribution >= 0.6 is 0 Å². The van der Waals surface area contributed by atoms with Gasteiger partial charge in [-0.2, -0.15) is 0 Å². The molecule has 110 valence electrons. The number of rotatable bonds is 1. The summed E-state index contributed by atoms with van der Waals surface area (Å²) in [5.74, 6) is -2.61. The number of nitrogens with zero attached hydrogens (tertiary/aromatic N) is 1. The van der Waals surface area contributed by atoms with Gasteiger partial charge in [-0.1, -0.05) is 0 Å². The lowest BCUT2D eigenvalue weighted by Crippen LogP contribution is -2.54.